The van der Waals surface area contributed by atoms with Gasteiger partial charge in [0.05, 0.1) is 0 Å². The maximum Gasteiger partial charge on any atom is 0.306 e. The highest BCUT2D eigenvalue weighted by Crippen LogP contribution is 2.14. The van der Waals surface area contributed by atoms with Crippen LogP contribution in [0, 0.1) is 0 Å². The van der Waals surface area contributed by atoms with Gasteiger partial charge in [-0.3, -0.25) is 14.4 Å². The normalized spacial score (nSPS) is 12.8. The van der Waals surface area contributed by atoms with Gasteiger partial charge in [-0.1, -0.05) is 221 Å². The first kappa shape index (κ1) is 62.3. The molecule has 0 saturated heterocycles. The topological polar surface area (TPSA) is 78.9 Å². The molecule has 0 aliphatic carbocycles. The van der Waals surface area contributed by atoms with E-state index in [0.717, 1.165) is 109 Å². The molecule has 0 bridgehead atoms. The largest absolute Gasteiger partial charge is 0.462 e. The van der Waals surface area contributed by atoms with Crippen LogP contribution in [-0.2, 0) is 28.6 Å². The lowest BCUT2D eigenvalue weighted by molar-refractivity contribution is -0.167. The molecule has 1 unspecified atom stereocenters. The third-order valence-corrected chi connectivity index (χ3v) is 11.3. The molecule has 0 aromatic heterocycles. The van der Waals surface area contributed by atoms with Gasteiger partial charge in [0.15, 0.2) is 6.10 Å². The first-order valence-corrected chi connectivity index (χ1v) is 27.2. The Bertz CT molecular complexity index is 1330. The van der Waals surface area contributed by atoms with Gasteiger partial charge in [0.25, 0.3) is 0 Å². The van der Waals surface area contributed by atoms with Gasteiger partial charge >= 0.3 is 17.9 Å². The molecule has 0 aliphatic rings. The maximum absolute atomic E-state index is 12.8. The van der Waals surface area contributed by atoms with Gasteiger partial charge in [0, 0.05) is 19.3 Å². The van der Waals surface area contributed by atoms with Gasteiger partial charge in [-0.05, 0) is 103 Å². The molecule has 376 valence electrons. The van der Waals surface area contributed by atoms with E-state index in [2.05, 4.69) is 118 Å². The summed E-state index contributed by atoms with van der Waals surface area (Å²) >= 11 is 0. The summed E-state index contributed by atoms with van der Waals surface area (Å²) in [4.78, 5) is 38.0. The van der Waals surface area contributed by atoms with Crippen LogP contribution in [0.5, 0.6) is 0 Å². The average Bonchev–Trinajstić information content (AvgIpc) is 3.31. The van der Waals surface area contributed by atoms with Crippen molar-refractivity contribution in [1.82, 2.24) is 0 Å². The molecule has 0 rings (SSSR count). The van der Waals surface area contributed by atoms with Crippen LogP contribution in [0.4, 0.5) is 0 Å². The fraction of sp³-hybridized carbons (Fsp3) is 0.683. The van der Waals surface area contributed by atoms with Crippen molar-refractivity contribution in [1.29, 1.82) is 0 Å². The minimum Gasteiger partial charge on any atom is -0.462 e. The zero-order valence-corrected chi connectivity index (χ0v) is 42.9. The zero-order valence-electron chi connectivity index (χ0n) is 42.9. The Morgan fingerprint density at radius 2 is 0.591 bits per heavy atom. The number of esters is 3. The monoisotopic (exact) mass is 917 g/mol. The molecule has 0 fully saturated rings. The lowest BCUT2D eigenvalue weighted by Crippen LogP contribution is -2.30. The Hall–Kier alpha value is -3.67. The third-order valence-electron chi connectivity index (χ3n) is 11.3. The van der Waals surface area contributed by atoms with E-state index in [1.807, 2.05) is 0 Å². The van der Waals surface area contributed by atoms with E-state index in [9.17, 15) is 14.4 Å². The quantitative estimate of drug-likeness (QED) is 0.0262. The Morgan fingerprint density at radius 3 is 0.985 bits per heavy atom. The fourth-order valence-electron chi connectivity index (χ4n) is 7.24. The van der Waals surface area contributed by atoms with Crippen molar-refractivity contribution in [2.75, 3.05) is 13.2 Å². The van der Waals surface area contributed by atoms with Crippen LogP contribution in [0.15, 0.2) is 97.2 Å². The zero-order chi connectivity index (χ0) is 47.9. The second-order valence-electron chi connectivity index (χ2n) is 17.8. The van der Waals surface area contributed by atoms with Crippen LogP contribution in [0.3, 0.4) is 0 Å². The van der Waals surface area contributed by atoms with Gasteiger partial charge in [0.1, 0.15) is 13.2 Å². The van der Waals surface area contributed by atoms with Crippen LogP contribution < -0.4 is 0 Å². The van der Waals surface area contributed by atoms with E-state index in [0.29, 0.717) is 19.3 Å². The second-order valence-corrected chi connectivity index (χ2v) is 17.8. The van der Waals surface area contributed by atoms with Crippen molar-refractivity contribution in [2.45, 2.75) is 252 Å². The van der Waals surface area contributed by atoms with E-state index in [4.69, 9.17) is 14.2 Å². The van der Waals surface area contributed by atoms with Crippen LogP contribution >= 0.6 is 0 Å². The molecule has 66 heavy (non-hydrogen) atoms. The fourth-order valence-corrected chi connectivity index (χ4v) is 7.24. The first-order chi connectivity index (χ1) is 32.5. The van der Waals surface area contributed by atoms with E-state index in [-0.39, 0.29) is 31.1 Å². The highest BCUT2D eigenvalue weighted by molar-refractivity contribution is 5.71. The number of ether oxygens (including phenoxy) is 3. The molecule has 0 aromatic carbocycles. The molecule has 0 heterocycles. The Morgan fingerprint density at radius 1 is 0.318 bits per heavy atom. The Labute approximate surface area is 407 Å². The number of allylic oxidation sites excluding steroid dienone is 16. The summed E-state index contributed by atoms with van der Waals surface area (Å²) < 4.78 is 16.8. The molecule has 0 spiro atoms. The van der Waals surface area contributed by atoms with Gasteiger partial charge in [-0.25, -0.2) is 0 Å². The minimum absolute atomic E-state index is 0.0940. The number of rotatable bonds is 48. The molecule has 0 amide bonds. The molecule has 6 heteroatoms. The number of hydrogen-bond acceptors (Lipinski definition) is 6. The van der Waals surface area contributed by atoms with Crippen molar-refractivity contribution in [2.24, 2.45) is 0 Å². The Balaban J connectivity index is 4.43. The number of carbonyl (C=O) groups is 3. The summed E-state index contributed by atoms with van der Waals surface area (Å²) in [5, 5.41) is 0. The third kappa shape index (κ3) is 51.3. The van der Waals surface area contributed by atoms with Crippen LogP contribution in [0.25, 0.3) is 0 Å². The molecule has 6 nitrogen and oxygen atoms in total. The molecular formula is C60H100O6. The van der Waals surface area contributed by atoms with E-state index < -0.39 is 6.10 Å². The average molecular weight is 917 g/mol. The van der Waals surface area contributed by atoms with Gasteiger partial charge in [-0.2, -0.15) is 0 Å². The van der Waals surface area contributed by atoms with Crippen molar-refractivity contribution < 1.29 is 28.6 Å². The number of hydrogen-bond donors (Lipinski definition) is 0. The smallest absolute Gasteiger partial charge is 0.306 e. The predicted octanol–water partition coefficient (Wildman–Crippen LogP) is 18.1. The van der Waals surface area contributed by atoms with Crippen LogP contribution in [-0.4, -0.2) is 37.2 Å². The van der Waals surface area contributed by atoms with E-state index in [1.54, 1.807) is 0 Å². The molecular weight excluding hydrogens is 817 g/mol. The molecule has 0 saturated carbocycles. The van der Waals surface area contributed by atoms with Gasteiger partial charge in [-0.15, -0.1) is 0 Å². The van der Waals surface area contributed by atoms with Gasteiger partial charge < -0.3 is 14.2 Å². The standard InChI is InChI=1S/C60H100O6/c1-4-7-10-13-16-19-22-24-26-28-29-30-31-33-34-36-38-41-44-47-50-53-59(62)65-56-57(55-64-58(61)52-49-46-43-40-21-18-15-12-9-6-3)66-60(63)54-51-48-45-42-39-37-35-32-27-25-23-20-17-14-11-8-5-2/h7,10,16-17,19-20,24-27,29-30,33-34,38,41,57H,4-6,8-9,11-15,18,21-23,28,31-32,35-37,39-40,42-56H2,1-3H3/b10-7-,19-16-,20-17-,26-24-,27-25-,30-29-,34-33-,41-38-. The predicted molar refractivity (Wildman–Crippen MR) is 284 cm³/mol. The minimum atomic E-state index is -0.798. The van der Waals surface area contributed by atoms with Crippen LogP contribution in [0.1, 0.15) is 245 Å². The Kier molecular flexibility index (Phi) is 50.9. The summed E-state index contributed by atoms with van der Waals surface area (Å²) in [6.45, 7) is 6.44. The first-order valence-electron chi connectivity index (χ1n) is 27.2. The highest BCUT2D eigenvalue weighted by Gasteiger charge is 2.19. The van der Waals surface area contributed by atoms with Crippen molar-refractivity contribution in [3.8, 4) is 0 Å². The number of carbonyl (C=O) groups excluding carboxylic acids is 3. The summed E-state index contributed by atoms with van der Waals surface area (Å²) in [5.41, 5.74) is 0. The summed E-state index contributed by atoms with van der Waals surface area (Å²) in [5.74, 6) is -0.949. The van der Waals surface area contributed by atoms with E-state index in [1.165, 1.54) is 96.3 Å². The molecule has 0 N–H and O–H groups in total. The van der Waals surface area contributed by atoms with Crippen LogP contribution in [0.2, 0.25) is 0 Å². The summed E-state index contributed by atoms with van der Waals surface area (Å²) in [6.07, 6.45) is 71.1. The number of unbranched alkanes of at least 4 members (excludes halogenated alkanes) is 21. The second kappa shape index (κ2) is 53.9. The molecule has 0 radical (unpaired) electrons. The SMILES string of the molecule is CC/C=C\C/C=C\C/C=C\C/C=C\C/C=C\C/C=C\CCCCC(=O)OCC(COC(=O)CCCCCCCCCCCC)OC(=O)CCCCCCCCC/C=C\C/C=C\CCCCC. The van der Waals surface area contributed by atoms with Crippen molar-refractivity contribution in [3.63, 3.8) is 0 Å². The van der Waals surface area contributed by atoms with E-state index >= 15 is 0 Å². The molecule has 0 aromatic rings. The molecule has 0 aliphatic heterocycles. The lowest BCUT2D eigenvalue weighted by Gasteiger charge is -2.18. The molecule has 1 atom stereocenters. The lowest BCUT2D eigenvalue weighted by atomic mass is 10.1. The van der Waals surface area contributed by atoms with Crippen molar-refractivity contribution >= 4 is 17.9 Å². The van der Waals surface area contributed by atoms with Gasteiger partial charge in [0.2, 0.25) is 0 Å². The van der Waals surface area contributed by atoms with Crippen molar-refractivity contribution in [3.05, 3.63) is 97.2 Å². The summed E-state index contributed by atoms with van der Waals surface area (Å²) in [6, 6.07) is 0. The summed E-state index contributed by atoms with van der Waals surface area (Å²) in [7, 11) is 0. The maximum atomic E-state index is 12.8. The highest BCUT2D eigenvalue weighted by atomic mass is 16.6.